The number of fused-ring (bicyclic) bond motifs is 2. The molecule has 1 aromatic rings. The lowest BCUT2D eigenvalue weighted by Gasteiger charge is -2.23. The molecule has 1 saturated heterocycles. The first-order valence-electron chi connectivity index (χ1n) is 8.98. The molecule has 2 atom stereocenters. The molecule has 4 rings (SSSR count). The van der Waals surface area contributed by atoms with Gasteiger partial charge in [0, 0.05) is 18.0 Å². The summed E-state index contributed by atoms with van der Waals surface area (Å²) in [6.45, 7) is 0.689. The van der Waals surface area contributed by atoms with Crippen LogP contribution in [0.2, 0.25) is 0 Å². The number of hydrogen-bond acceptors (Lipinski definition) is 5. The van der Waals surface area contributed by atoms with Gasteiger partial charge in [-0.3, -0.25) is 10.1 Å². The van der Waals surface area contributed by atoms with Crippen LogP contribution in [0.4, 0.5) is 9.80 Å². The fourth-order valence-corrected chi connectivity index (χ4v) is 6.05. The van der Waals surface area contributed by atoms with Gasteiger partial charge in [0.25, 0.3) is 0 Å². The molecule has 2 aliphatic carbocycles. The van der Waals surface area contributed by atoms with E-state index in [4.69, 9.17) is 4.74 Å². The lowest BCUT2D eigenvalue weighted by molar-refractivity contribution is -0.149. The van der Waals surface area contributed by atoms with Gasteiger partial charge >= 0.3 is 18.0 Å². The van der Waals surface area contributed by atoms with Gasteiger partial charge in [-0.2, -0.15) is 0 Å². The molecule has 7 nitrogen and oxygen atoms in total. The zero-order valence-corrected chi connectivity index (χ0v) is 15.5. The number of likely N-dealkylation sites (tertiary alicyclic amines) is 1. The molecule has 3 aliphatic rings. The Kier molecular flexibility index (Phi) is 4.17. The molecule has 0 bridgehead atoms. The SMILES string of the molecule is COC(=O)c1c(NC(=O)N2C[C@@H]3CCC[C@@]3(C(=O)O)C2)sc2c1CCC2. The molecule has 0 unspecified atom stereocenters. The summed E-state index contributed by atoms with van der Waals surface area (Å²) < 4.78 is 4.90. The number of carbonyl (C=O) groups excluding carboxylic acids is 2. The van der Waals surface area contributed by atoms with Crippen LogP contribution in [0.3, 0.4) is 0 Å². The Morgan fingerprint density at radius 2 is 2.12 bits per heavy atom. The summed E-state index contributed by atoms with van der Waals surface area (Å²) >= 11 is 1.43. The van der Waals surface area contributed by atoms with E-state index < -0.39 is 17.4 Å². The number of aryl methyl sites for hydroxylation is 1. The molecule has 0 spiro atoms. The molecule has 8 heteroatoms. The van der Waals surface area contributed by atoms with E-state index in [1.807, 2.05) is 0 Å². The Hall–Kier alpha value is -2.09. The number of amides is 2. The summed E-state index contributed by atoms with van der Waals surface area (Å²) in [5.41, 5.74) is 0.642. The average molecular weight is 378 g/mol. The Morgan fingerprint density at radius 1 is 1.31 bits per heavy atom. The highest BCUT2D eigenvalue weighted by atomic mass is 32.1. The second-order valence-electron chi connectivity index (χ2n) is 7.41. The predicted molar refractivity (Wildman–Crippen MR) is 95.7 cm³/mol. The Labute approximate surface area is 155 Å². The van der Waals surface area contributed by atoms with Gasteiger partial charge in [0.05, 0.1) is 18.1 Å². The Balaban J connectivity index is 1.55. The molecule has 2 amide bonds. The van der Waals surface area contributed by atoms with E-state index in [1.165, 1.54) is 18.4 Å². The van der Waals surface area contributed by atoms with Gasteiger partial charge in [-0.25, -0.2) is 9.59 Å². The highest BCUT2D eigenvalue weighted by Crippen LogP contribution is 2.49. The maximum Gasteiger partial charge on any atom is 0.341 e. The van der Waals surface area contributed by atoms with E-state index in [2.05, 4.69) is 5.32 Å². The minimum atomic E-state index is -0.806. The largest absolute Gasteiger partial charge is 0.481 e. The first-order chi connectivity index (χ1) is 12.5. The third-order valence-electron chi connectivity index (χ3n) is 6.12. The number of anilines is 1. The predicted octanol–water partition coefficient (Wildman–Crippen LogP) is 2.74. The number of aliphatic carboxylic acids is 1. The summed E-state index contributed by atoms with van der Waals surface area (Å²) in [5, 5.41) is 13.0. The van der Waals surface area contributed by atoms with E-state index in [1.54, 1.807) is 4.90 Å². The van der Waals surface area contributed by atoms with E-state index >= 15 is 0 Å². The lowest BCUT2D eigenvalue weighted by atomic mass is 9.81. The van der Waals surface area contributed by atoms with Crippen LogP contribution in [-0.4, -0.2) is 48.2 Å². The molecule has 26 heavy (non-hydrogen) atoms. The zero-order valence-electron chi connectivity index (χ0n) is 14.7. The van der Waals surface area contributed by atoms with Crippen molar-refractivity contribution in [2.75, 3.05) is 25.5 Å². The Morgan fingerprint density at radius 3 is 2.81 bits per heavy atom. The van der Waals surface area contributed by atoms with Crippen LogP contribution in [0.5, 0.6) is 0 Å². The molecule has 140 valence electrons. The van der Waals surface area contributed by atoms with Crippen LogP contribution in [-0.2, 0) is 22.4 Å². The summed E-state index contributed by atoms with van der Waals surface area (Å²) in [5.74, 6) is -1.22. The number of carbonyl (C=O) groups is 3. The quantitative estimate of drug-likeness (QED) is 0.789. The second kappa shape index (κ2) is 6.26. The van der Waals surface area contributed by atoms with Crippen LogP contribution in [0.15, 0.2) is 0 Å². The van der Waals surface area contributed by atoms with Crippen LogP contribution in [0.25, 0.3) is 0 Å². The van der Waals surface area contributed by atoms with Crippen LogP contribution < -0.4 is 5.32 Å². The van der Waals surface area contributed by atoms with E-state index in [0.717, 1.165) is 42.5 Å². The standard InChI is InChI=1S/C18H22N2O5S/c1-25-15(21)13-11-5-2-6-12(11)26-14(13)19-17(24)20-8-10-4-3-7-18(10,9-20)16(22)23/h10H,2-9H2,1H3,(H,19,24)(H,22,23)/t10-,18+/m0/s1. The van der Waals surface area contributed by atoms with Crippen molar-refractivity contribution in [3.8, 4) is 0 Å². The van der Waals surface area contributed by atoms with Gasteiger partial charge in [0.2, 0.25) is 0 Å². The molecule has 1 aromatic heterocycles. The molecule has 0 aromatic carbocycles. The Bertz CT molecular complexity index is 789. The fraction of sp³-hybridized carbons (Fsp3) is 0.611. The number of rotatable bonds is 3. The van der Waals surface area contributed by atoms with Gasteiger partial charge in [0.1, 0.15) is 5.00 Å². The molecular formula is C18H22N2O5S. The van der Waals surface area contributed by atoms with Gasteiger partial charge in [-0.1, -0.05) is 6.42 Å². The first kappa shape index (κ1) is 17.3. The number of thiophene rings is 1. The van der Waals surface area contributed by atoms with Crippen molar-refractivity contribution in [1.29, 1.82) is 0 Å². The molecule has 2 fully saturated rings. The van der Waals surface area contributed by atoms with Crippen molar-refractivity contribution in [3.05, 3.63) is 16.0 Å². The number of esters is 1. The minimum absolute atomic E-state index is 0.0131. The normalized spacial score (nSPS) is 26.5. The van der Waals surface area contributed by atoms with Gasteiger partial charge < -0.3 is 14.7 Å². The maximum atomic E-state index is 12.8. The number of carboxylic acids is 1. The first-order valence-corrected chi connectivity index (χ1v) is 9.80. The van der Waals surface area contributed by atoms with Gasteiger partial charge in [-0.15, -0.1) is 11.3 Å². The summed E-state index contributed by atoms with van der Waals surface area (Å²) in [7, 11) is 1.34. The van der Waals surface area contributed by atoms with Crippen molar-refractivity contribution in [3.63, 3.8) is 0 Å². The average Bonchev–Trinajstić information content (AvgIpc) is 3.32. The number of methoxy groups -OCH3 is 1. The van der Waals surface area contributed by atoms with Crippen LogP contribution in [0.1, 0.15) is 46.5 Å². The highest BCUT2D eigenvalue weighted by Gasteiger charge is 2.55. The minimum Gasteiger partial charge on any atom is -0.481 e. The summed E-state index contributed by atoms with van der Waals surface area (Å²) in [6.07, 6.45) is 5.10. The third-order valence-corrected chi connectivity index (χ3v) is 7.32. The number of ether oxygens (including phenoxy) is 1. The van der Waals surface area contributed by atoms with Gasteiger partial charge in [-0.05, 0) is 43.6 Å². The van der Waals surface area contributed by atoms with Crippen molar-refractivity contribution in [2.24, 2.45) is 11.3 Å². The van der Waals surface area contributed by atoms with E-state index in [0.29, 0.717) is 23.5 Å². The number of nitrogens with zero attached hydrogens (tertiary/aromatic N) is 1. The topological polar surface area (TPSA) is 95.9 Å². The molecule has 1 aliphatic heterocycles. The molecule has 2 heterocycles. The van der Waals surface area contributed by atoms with Crippen molar-refractivity contribution in [2.45, 2.75) is 38.5 Å². The second-order valence-corrected chi connectivity index (χ2v) is 8.52. The van der Waals surface area contributed by atoms with Gasteiger partial charge in [0.15, 0.2) is 0 Å². The smallest absolute Gasteiger partial charge is 0.341 e. The van der Waals surface area contributed by atoms with Crippen molar-refractivity contribution >= 4 is 34.3 Å². The highest BCUT2D eigenvalue weighted by molar-refractivity contribution is 7.17. The zero-order chi connectivity index (χ0) is 18.5. The van der Waals surface area contributed by atoms with Crippen LogP contribution in [0, 0.1) is 11.3 Å². The van der Waals surface area contributed by atoms with Crippen molar-refractivity contribution < 1.29 is 24.2 Å². The fourth-order valence-electron chi connectivity index (χ4n) is 4.78. The maximum absolute atomic E-state index is 12.8. The molecule has 0 radical (unpaired) electrons. The molecule has 1 saturated carbocycles. The number of carboxylic acid groups (broad SMARTS) is 1. The van der Waals surface area contributed by atoms with E-state index in [9.17, 15) is 19.5 Å². The molecule has 2 N–H and O–H groups in total. The number of nitrogens with one attached hydrogen (secondary N) is 1. The van der Waals surface area contributed by atoms with E-state index in [-0.39, 0.29) is 18.5 Å². The van der Waals surface area contributed by atoms with Crippen LogP contribution >= 0.6 is 11.3 Å². The monoisotopic (exact) mass is 378 g/mol. The summed E-state index contributed by atoms with van der Waals surface area (Å²) in [4.78, 5) is 39.5. The number of urea groups is 1. The number of hydrogen-bond donors (Lipinski definition) is 2. The summed E-state index contributed by atoms with van der Waals surface area (Å²) in [6, 6.07) is -0.329. The molecular weight excluding hydrogens is 356 g/mol. The van der Waals surface area contributed by atoms with Crippen molar-refractivity contribution in [1.82, 2.24) is 4.90 Å². The lowest BCUT2D eigenvalue weighted by Crippen LogP contribution is -2.38. The third kappa shape index (κ3) is 2.50.